The Hall–Kier alpha value is -2.71. The number of carbonyl (C=O) groups excluding carboxylic acids is 1. The predicted octanol–water partition coefficient (Wildman–Crippen LogP) is 0.0800. The van der Waals surface area contributed by atoms with Gasteiger partial charge < -0.3 is 19.1 Å². The summed E-state index contributed by atoms with van der Waals surface area (Å²) in [5, 5.41) is 9.09. The maximum atomic E-state index is 13.0. The number of likely N-dealkylation sites (N-methyl/N-ethyl adjacent to an activating group) is 1. The van der Waals surface area contributed by atoms with Crippen LogP contribution in [0.3, 0.4) is 0 Å². The van der Waals surface area contributed by atoms with Crippen molar-refractivity contribution >= 4 is 5.91 Å². The van der Waals surface area contributed by atoms with E-state index in [-0.39, 0.29) is 41.9 Å². The summed E-state index contributed by atoms with van der Waals surface area (Å²) in [6.07, 6.45) is 4.26. The number of hydrogen-bond donors (Lipinski definition) is 1. The molecule has 1 fully saturated rings. The van der Waals surface area contributed by atoms with Gasteiger partial charge in [-0.15, -0.1) is 0 Å². The van der Waals surface area contributed by atoms with E-state index >= 15 is 0 Å². The van der Waals surface area contributed by atoms with Crippen LogP contribution >= 0.6 is 0 Å². The molecule has 8 heteroatoms. The maximum absolute atomic E-state index is 13.0. The summed E-state index contributed by atoms with van der Waals surface area (Å²) in [6, 6.07) is 6.83. The second kappa shape index (κ2) is 8.57. The van der Waals surface area contributed by atoms with Crippen molar-refractivity contribution in [3.05, 3.63) is 68.5 Å². The fourth-order valence-corrected chi connectivity index (χ4v) is 4.66. The van der Waals surface area contributed by atoms with Gasteiger partial charge in [0.15, 0.2) is 5.43 Å². The molecule has 1 saturated heterocycles. The first kappa shape index (κ1) is 20.6. The zero-order valence-corrected chi connectivity index (χ0v) is 17.2. The number of likely N-dealkylation sites (tertiary alicyclic amines) is 1. The molecule has 30 heavy (non-hydrogen) atoms. The van der Waals surface area contributed by atoms with Crippen molar-refractivity contribution in [2.24, 2.45) is 5.92 Å². The molecule has 0 radical (unpaired) electrons. The first-order valence-corrected chi connectivity index (χ1v) is 10.4. The molecule has 2 atom stereocenters. The van der Waals surface area contributed by atoms with Gasteiger partial charge in [-0.1, -0.05) is 6.07 Å². The summed E-state index contributed by atoms with van der Waals surface area (Å²) >= 11 is 0. The summed E-state index contributed by atoms with van der Waals surface area (Å²) in [5.74, 6) is 0.455. The molecule has 0 aliphatic carbocycles. The number of aromatic nitrogens is 2. The molecule has 2 aromatic rings. The van der Waals surface area contributed by atoms with Gasteiger partial charge in [-0.2, -0.15) is 0 Å². The quantitative estimate of drug-likeness (QED) is 0.726. The highest BCUT2D eigenvalue weighted by atomic mass is 16.3. The van der Waals surface area contributed by atoms with Crippen LogP contribution in [-0.2, 0) is 24.4 Å². The molecule has 8 nitrogen and oxygen atoms in total. The molecule has 2 aromatic heterocycles. The number of carbonyl (C=O) groups is 1. The Morgan fingerprint density at radius 1 is 1.13 bits per heavy atom. The van der Waals surface area contributed by atoms with Crippen molar-refractivity contribution in [2.45, 2.75) is 32.0 Å². The lowest BCUT2D eigenvalue weighted by Gasteiger charge is -2.43. The van der Waals surface area contributed by atoms with E-state index in [0.717, 1.165) is 17.7 Å². The Kier molecular flexibility index (Phi) is 5.87. The van der Waals surface area contributed by atoms with Crippen molar-refractivity contribution in [1.29, 1.82) is 0 Å². The van der Waals surface area contributed by atoms with Crippen LogP contribution in [0.4, 0.5) is 0 Å². The fraction of sp³-hybridized carbons (Fsp3) is 0.500. The molecular formula is C22H28N4O4. The highest BCUT2D eigenvalue weighted by Crippen LogP contribution is 2.35. The van der Waals surface area contributed by atoms with E-state index in [2.05, 4.69) is 0 Å². The third-order valence-corrected chi connectivity index (χ3v) is 6.14. The number of fused-ring (bicyclic) bond motifs is 4. The highest BCUT2D eigenvalue weighted by Gasteiger charge is 2.36. The van der Waals surface area contributed by atoms with Crippen LogP contribution in [0.5, 0.6) is 0 Å². The lowest BCUT2D eigenvalue weighted by molar-refractivity contribution is -0.134. The number of aliphatic hydroxyl groups excluding tert-OH is 1. The monoisotopic (exact) mass is 412 g/mol. The Morgan fingerprint density at radius 3 is 2.63 bits per heavy atom. The van der Waals surface area contributed by atoms with Crippen LogP contribution in [0.15, 0.2) is 46.2 Å². The van der Waals surface area contributed by atoms with Crippen LogP contribution in [0, 0.1) is 5.92 Å². The molecule has 160 valence electrons. The zero-order valence-electron chi connectivity index (χ0n) is 17.2. The Labute approximate surface area is 175 Å². The van der Waals surface area contributed by atoms with E-state index in [9.17, 15) is 14.4 Å². The molecule has 0 unspecified atom stereocenters. The lowest BCUT2D eigenvalue weighted by atomic mass is 9.83. The van der Waals surface area contributed by atoms with E-state index in [1.54, 1.807) is 17.0 Å². The molecule has 2 aliphatic rings. The zero-order chi connectivity index (χ0) is 21.3. The topological polar surface area (TPSA) is 87.8 Å². The maximum Gasteiger partial charge on any atom is 0.255 e. The van der Waals surface area contributed by atoms with Crippen molar-refractivity contribution in [1.82, 2.24) is 18.9 Å². The van der Waals surface area contributed by atoms with E-state index in [0.29, 0.717) is 32.7 Å². The van der Waals surface area contributed by atoms with E-state index < -0.39 is 0 Å². The minimum Gasteiger partial charge on any atom is -0.395 e. The van der Waals surface area contributed by atoms with Gasteiger partial charge in [0, 0.05) is 74.4 Å². The van der Waals surface area contributed by atoms with Crippen molar-refractivity contribution in [3.8, 4) is 0 Å². The van der Waals surface area contributed by atoms with Gasteiger partial charge in [-0.3, -0.25) is 19.3 Å². The summed E-state index contributed by atoms with van der Waals surface area (Å²) in [4.78, 5) is 40.9. The third kappa shape index (κ3) is 4.24. The molecule has 1 N–H and O–H groups in total. The summed E-state index contributed by atoms with van der Waals surface area (Å²) in [6.45, 7) is 3.20. The van der Waals surface area contributed by atoms with Gasteiger partial charge in [-0.05, 0) is 25.5 Å². The van der Waals surface area contributed by atoms with Gasteiger partial charge in [-0.25, -0.2) is 0 Å². The van der Waals surface area contributed by atoms with E-state index in [4.69, 9.17) is 5.11 Å². The molecule has 4 heterocycles. The standard InChI is InChI=1S/C22H28N4O4/c1-23(8-9-27)13-17-2-3-20-18-10-16(12-26(20)22(17)30)11-25(14-18)21(29)15-24-6-4-19(28)5-7-24/h2-7,16,18,27H,8-15H2,1H3/t16-,18+/m0/s1. The number of piperidine rings is 1. The minimum absolute atomic E-state index is 0.0337. The van der Waals surface area contributed by atoms with Gasteiger partial charge >= 0.3 is 0 Å². The second-order valence-electron chi connectivity index (χ2n) is 8.46. The summed E-state index contributed by atoms with van der Waals surface area (Å²) in [7, 11) is 1.89. The molecule has 2 aliphatic heterocycles. The molecule has 0 aromatic carbocycles. The summed E-state index contributed by atoms with van der Waals surface area (Å²) < 4.78 is 3.62. The smallest absolute Gasteiger partial charge is 0.255 e. The molecule has 0 saturated carbocycles. The van der Waals surface area contributed by atoms with Crippen molar-refractivity contribution < 1.29 is 9.90 Å². The Morgan fingerprint density at radius 2 is 1.90 bits per heavy atom. The SMILES string of the molecule is CN(CCO)Cc1ccc2n(c1=O)C[C@H]1C[C@@H]2CN(C(=O)Cn2ccc(=O)cc2)C1. The molecule has 1 amide bonds. The van der Waals surface area contributed by atoms with Crippen LogP contribution < -0.4 is 11.0 Å². The number of pyridine rings is 2. The first-order valence-electron chi connectivity index (χ1n) is 10.4. The number of hydrogen-bond acceptors (Lipinski definition) is 5. The van der Waals surface area contributed by atoms with Crippen molar-refractivity contribution in [2.75, 3.05) is 33.3 Å². The van der Waals surface area contributed by atoms with Gasteiger partial charge in [0.2, 0.25) is 5.91 Å². The molecule has 0 spiro atoms. The first-order chi connectivity index (χ1) is 14.4. The molecule has 2 bridgehead atoms. The van der Waals surface area contributed by atoms with E-state index in [1.165, 1.54) is 12.1 Å². The number of aliphatic hydroxyl groups is 1. The second-order valence-corrected chi connectivity index (χ2v) is 8.46. The fourth-order valence-electron chi connectivity index (χ4n) is 4.66. The normalized spacial score (nSPS) is 20.3. The highest BCUT2D eigenvalue weighted by molar-refractivity contribution is 5.76. The molecular weight excluding hydrogens is 384 g/mol. The van der Waals surface area contributed by atoms with Gasteiger partial charge in [0.05, 0.1) is 6.61 Å². The largest absolute Gasteiger partial charge is 0.395 e. The summed E-state index contributed by atoms with van der Waals surface area (Å²) in [5.41, 5.74) is 1.71. The number of amides is 1. The van der Waals surface area contributed by atoms with Crippen LogP contribution in [-0.4, -0.2) is 63.2 Å². The number of rotatable bonds is 6. The van der Waals surface area contributed by atoms with Crippen LogP contribution in [0.1, 0.15) is 23.6 Å². The van der Waals surface area contributed by atoms with Gasteiger partial charge in [0.1, 0.15) is 6.54 Å². The average Bonchev–Trinajstić information content (AvgIpc) is 2.72. The van der Waals surface area contributed by atoms with E-state index in [1.807, 2.05) is 33.5 Å². The third-order valence-electron chi connectivity index (χ3n) is 6.14. The van der Waals surface area contributed by atoms with Crippen molar-refractivity contribution in [3.63, 3.8) is 0 Å². The molecule has 4 rings (SSSR count). The Balaban J connectivity index is 1.50. The lowest BCUT2D eigenvalue weighted by Crippen LogP contribution is -2.50. The average molecular weight is 412 g/mol. The van der Waals surface area contributed by atoms with Gasteiger partial charge in [0.25, 0.3) is 5.56 Å². The Bertz CT molecular complexity index is 1020. The minimum atomic E-state index is -0.0739. The van der Waals surface area contributed by atoms with Crippen LogP contribution in [0.25, 0.3) is 0 Å². The predicted molar refractivity (Wildman–Crippen MR) is 112 cm³/mol. The van der Waals surface area contributed by atoms with Crippen LogP contribution in [0.2, 0.25) is 0 Å². The number of nitrogens with zero attached hydrogens (tertiary/aromatic N) is 4.